The van der Waals surface area contributed by atoms with Gasteiger partial charge in [-0.2, -0.15) is 0 Å². The second-order valence-electron chi connectivity index (χ2n) is 8.58. The molecule has 0 saturated carbocycles. The summed E-state index contributed by atoms with van der Waals surface area (Å²) in [7, 11) is 0. The van der Waals surface area contributed by atoms with E-state index < -0.39 is 11.6 Å². The summed E-state index contributed by atoms with van der Waals surface area (Å²) in [6, 6.07) is 14.5. The van der Waals surface area contributed by atoms with Gasteiger partial charge in [0.1, 0.15) is 5.65 Å². The number of ether oxygens (including phenoxy) is 1. The van der Waals surface area contributed by atoms with Crippen LogP contribution >= 0.6 is 0 Å². The summed E-state index contributed by atoms with van der Waals surface area (Å²) in [6.07, 6.45) is 4.96. The Kier molecular flexibility index (Phi) is 5.60. The quantitative estimate of drug-likeness (QED) is 0.357. The number of rotatable bonds is 5. The van der Waals surface area contributed by atoms with Gasteiger partial charge in [0.25, 0.3) is 0 Å². The minimum atomic E-state index is -0.937. The van der Waals surface area contributed by atoms with Crippen molar-refractivity contribution in [1.82, 2.24) is 20.0 Å². The minimum Gasteiger partial charge on any atom is -0.379 e. The molecule has 0 spiro atoms. The monoisotopic (exact) mass is 472 g/mol. The molecule has 1 saturated heterocycles. The van der Waals surface area contributed by atoms with E-state index in [0.717, 1.165) is 55.4 Å². The fourth-order valence-corrected chi connectivity index (χ4v) is 4.51. The molecule has 2 aromatic carbocycles. The topological polar surface area (TPSA) is 67.2 Å². The number of hydrogen-bond donors (Lipinski definition) is 1. The molecule has 1 aliphatic heterocycles. The standard InChI is InChI=1S/C27H22F2N4O2/c28-24-3-1-2-20(25(24)29)23-15-32-35-26(23)22-14-31-27-21(22)12-19(13-30-27)18-6-4-17(5-7-18)16-33-8-10-34-11-9-33/h1-7,12-15H,8-11,16H2,(H,30,31). The second-order valence-corrected chi connectivity index (χ2v) is 8.58. The summed E-state index contributed by atoms with van der Waals surface area (Å²) in [4.78, 5) is 10.1. The number of benzene rings is 2. The molecule has 0 radical (unpaired) electrons. The predicted molar refractivity (Wildman–Crippen MR) is 128 cm³/mol. The van der Waals surface area contributed by atoms with E-state index >= 15 is 0 Å². The number of fused-ring (bicyclic) bond motifs is 1. The first kappa shape index (κ1) is 21.6. The summed E-state index contributed by atoms with van der Waals surface area (Å²) in [5.41, 5.74) is 5.02. The SMILES string of the molecule is Fc1cccc(-c2cnoc2-c2c[nH]c3ncc(-c4ccc(CN5CCOCC5)cc4)cc23)c1F. The minimum absolute atomic E-state index is 0.0931. The van der Waals surface area contributed by atoms with Crippen molar-refractivity contribution < 1.29 is 18.0 Å². The van der Waals surface area contributed by atoms with Crippen LogP contribution in [0.2, 0.25) is 0 Å². The molecule has 0 unspecified atom stereocenters. The van der Waals surface area contributed by atoms with Crippen molar-refractivity contribution in [2.45, 2.75) is 6.54 Å². The van der Waals surface area contributed by atoms with Gasteiger partial charge in [-0.15, -0.1) is 0 Å². The average Bonchev–Trinajstić information content (AvgIpc) is 3.53. The lowest BCUT2D eigenvalue weighted by Gasteiger charge is -2.26. The zero-order valence-electron chi connectivity index (χ0n) is 18.8. The highest BCUT2D eigenvalue weighted by Gasteiger charge is 2.21. The molecule has 4 heterocycles. The van der Waals surface area contributed by atoms with Crippen LogP contribution in [0.3, 0.4) is 0 Å². The Hall–Kier alpha value is -3.88. The van der Waals surface area contributed by atoms with E-state index in [1.165, 1.54) is 23.9 Å². The largest absolute Gasteiger partial charge is 0.379 e. The van der Waals surface area contributed by atoms with Crippen molar-refractivity contribution in [3.05, 3.63) is 84.3 Å². The van der Waals surface area contributed by atoms with Gasteiger partial charge in [0.15, 0.2) is 17.4 Å². The van der Waals surface area contributed by atoms with Gasteiger partial charge >= 0.3 is 0 Å². The summed E-state index contributed by atoms with van der Waals surface area (Å²) in [6.45, 7) is 4.35. The lowest BCUT2D eigenvalue weighted by atomic mass is 10.00. The Morgan fingerprint density at radius 3 is 2.57 bits per heavy atom. The first-order valence-electron chi connectivity index (χ1n) is 11.4. The van der Waals surface area contributed by atoms with E-state index in [2.05, 4.69) is 44.3 Å². The summed E-state index contributed by atoms with van der Waals surface area (Å²) < 4.78 is 39.3. The van der Waals surface area contributed by atoms with Crippen LogP contribution in [0.15, 0.2) is 71.6 Å². The predicted octanol–water partition coefficient (Wildman–Crippen LogP) is 5.66. The molecule has 1 aliphatic rings. The number of nitrogens with one attached hydrogen (secondary N) is 1. The maximum atomic E-state index is 14.5. The molecule has 0 atom stereocenters. The van der Waals surface area contributed by atoms with E-state index in [9.17, 15) is 8.78 Å². The third-order valence-corrected chi connectivity index (χ3v) is 6.39. The fourth-order valence-electron chi connectivity index (χ4n) is 4.51. The van der Waals surface area contributed by atoms with Crippen LogP contribution in [0.25, 0.3) is 44.6 Å². The number of pyridine rings is 1. The van der Waals surface area contributed by atoms with Gasteiger partial charge in [-0.25, -0.2) is 13.8 Å². The van der Waals surface area contributed by atoms with Crippen LogP contribution < -0.4 is 0 Å². The molecule has 176 valence electrons. The molecule has 1 fully saturated rings. The number of hydrogen-bond acceptors (Lipinski definition) is 5. The zero-order chi connectivity index (χ0) is 23.8. The summed E-state index contributed by atoms with van der Waals surface area (Å²) >= 11 is 0. The molecule has 0 aliphatic carbocycles. The second kappa shape index (κ2) is 9.05. The lowest BCUT2D eigenvalue weighted by molar-refractivity contribution is 0.0342. The van der Waals surface area contributed by atoms with Crippen molar-refractivity contribution in [2.75, 3.05) is 26.3 Å². The highest BCUT2D eigenvalue weighted by Crippen LogP contribution is 2.38. The van der Waals surface area contributed by atoms with Gasteiger partial charge in [0.05, 0.1) is 25.0 Å². The number of halogens is 2. The van der Waals surface area contributed by atoms with E-state index in [1.54, 1.807) is 6.20 Å². The van der Waals surface area contributed by atoms with Crippen molar-refractivity contribution in [3.8, 4) is 33.6 Å². The number of nitrogens with zero attached hydrogens (tertiary/aromatic N) is 3. The molecule has 8 heteroatoms. The van der Waals surface area contributed by atoms with Gasteiger partial charge in [0.2, 0.25) is 0 Å². The Balaban J connectivity index is 1.33. The first-order chi connectivity index (χ1) is 17.2. The molecule has 6 nitrogen and oxygen atoms in total. The molecule has 3 aromatic heterocycles. The average molecular weight is 472 g/mol. The fraction of sp³-hybridized carbons (Fsp3) is 0.185. The van der Waals surface area contributed by atoms with E-state index in [-0.39, 0.29) is 5.56 Å². The van der Waals surface area contributed by atoms with Crippen LogP contribution in [0.1, 0.15) is 5.56 Å². The Morgan fingerprint density at radius 2 is 1.74 bits per heavy atom. The van der Waals surface area contributed by atoms with E-state index in [4.69, 9.17) is 9.26 Å². The number of H-pyrrole nitrogens is 1. The molecule has 35 heavy (non-hydrogen) atoms. The molecule has 5 aromatic rings. The van der Waals surface area contributed by atoms with E-state index in [1.807, 2.05) is 12.3 Å². The number of aromatic amines is 1. The van der Waals surface area contributed by atoms with Gasteiger partial charge in [0, 0.05) is 54.1 Å². The third kappa shape index (κ3) is 4.11. The Morgan fingerprint density at radius 1 is 0.914 bits per heavy atom. The highest BCUT2D eigenvalue weighted by molar-refractivity contribution is 5.97. The lowest BCUT2D eigenvalue weighted by Crippen LogP contribution is -2.35. The molecule has 0 bridgehead atoms. The van der Waals surface area contributed by atoms with Crippen molar-refractivity contribution in [1.29, 1.82) is 0 Å². The molecule has 6 rings (SSSR count). The number of morpholine rings is 1. The van der Waals surface area contributed by atoms with Crippen LogP contribution in [-0.4, -0.2) is 46.3 Å². The molecular weight excluding hydrogens is 450 g/mol. The van der Waals surface area contributed by atoms with Crippen molar-refractivity contribution in [3.63, 3.8) is 0 Å². The zero-order valence-corrected chi connectivity index (χ0v) is 18.8. The van der Waals surface area contributed by atoms with Gasteiger partial charge in [-0.05, 0) is 23.3 Å². The molecule has 1 N–H and O–H groups in total. The van der Waals surface area contributed by atoms with E-state index in [0.29, 0.717) is 22.5 Å². The first-order valence-corrected chi connectivity index (χ1v) is 11.4. The maximum Gasteiger partial charge on any atom is 0.176 e. The smallest absolute Gasteiger partial charge is 0.176 e. The molecular formula is C27H22F2N4O2. The number of aromatic nitrogens is 3. The van der Waals surface area contributed by atoms with Crippen LogP contribution in [0.5, 0.6) is 0 Å². The van der Waals surface area contributed by atoms with Crippen molar-refractivity contribution in [2.24, 2.45) is 0 Å². The third-order valence-electron chi connectivity index (χ3n) is 6.39. The van der Waals surface area contributed by atoms with Crippen LogP contribution in [0, 0.1) is 11.6 Å². The maximum absolute atomic E-state index is 14.5. The van der Waals surface area contributed by atoms with Crippen LogP contribution in [0.4, 0.5) is 8.78 Å². The Bertz CT molecular complexity index is 1490. The van der Waals surface area contributed by atoms with Crippen LogP contribution in [-0.2, 0) is 11.3 Å². The summed E-state index contributed by atoms with van der Waals surface area (Å²) in [5, 5.41) is 4.66. The Labute approximate surface area is 200 Å². The molecule has 0 amide bonds. The normalized spacial score (nSPS) is 14.6. The van der Waals surface area contributed by atoms with Gasteiger partial charge < -0.3 is 14.2 Å². The summed E-state index contributed by atoms with van der Waals surface area (Å²) in [5.74, 6) is -1.51. The van der Waals surface area contributed by atoms with Gasteiger partial charge in [-0.3, -0.25) is 4.90 Å². The van der Waals surface area contributed by atoms with Gasteiger partial charge in [-0.1, -0.05) is 41.6 Å². The highest BCUT2D eigenvalue weighted by atomic mass is 19.2. The van der Waals surface area contributed by atoms with Crippen molar-refractivity contribution >= 4 is 11.0 Å².